The molecule has 1 aromatic carbocycles. The fraction of sp³-hybridized carbons (Fsp3) is 0.200. The predicted octanol–water partition coefficient (Wildman–Crippen LogP) is 4.15. The van der Waals surface area contributed by atoms with E-state index in [1.54, 1.807) is 0 Å². The molecule has 0 nitrogen and oxygen atoms in total. The van der Waals surface area contributed by atoms with Crippen molar-refractivity contribution in [3.8, 4) is 0 Å². The number of fused-ring (bicyclic) bond motifs is 1. The van der Waals surface area contributed by atoms with Gasteiger partial charge in [0, 0.05) is 0 Å². The van der Waals surface area contributed by atoms with E-state index in [-0.39, 0.29) is 0 Å². The van der Waals surface area contributed by atoms with Crippen molar-refractivity contribution in [2.45, 2.75) is 19.8 Å². The van der Waals surface area contributed by atoms with E-state index in [1.807, 2.05) is 6.08 Å². The summed E-state index contributed by atoms with van der Waals surface area (Å²) in [7, 11) is 0. The monoisotopic (exact) mass is 196 g/mol. The average molecular weight is 196 g/mol. The molecule has 0 amide bonds. The van der Waals surface area contributed by atoms with Crippen LogP contribution < -0.4 is 0 Å². The van der Waals surface area contributed by atoms with Crippen molar-refractivity contribution in [3.63, 3.8) is 0 Å². The molecule has 76 valence electrons. The van der Waals surface area contributed by atoms with Crippen LogP contribution in [0.2, 0.25) is 0 Å². The van der Waals surface area contributed by atoms with Crippen LogP contribution in [0, 0.1) is 0 Å². The second kappa shape index (κ2) is 4.31. The molecule has 0 unspecified atom stereocenters. The third-order valence-electron chi connectivity index (χ3n) is 2.91. The fourth-order valence-electron chi connectivity index (χ4n) is 2.14. The molecule has 1 aliphatic rings. The molecule has 0 aromatic heterocycles. The van der Waals surface area contributed by atoms with Gasteiger partial charge in [-0.2, -0.15) is 0 Å². The van der Waals surface area contributed by atoms with E-state index < -0.39 is 0 Å². The Hall–Kier alpha value is -1.56. The molecule has 0 radical (unpaired) electrons. The summed E-state index contributed by atoms with van der Waals surface area (Å²) in [5, 5.41) is 0. The molecule has 1 aromatic rings. The van der Waals surface area contributed by atoms with E-state index in [0.29, 0.717) is 0 Å². The van der Waals surface area contributed by atoms with Crippen molar-refractivity contribution in [3.05, 3.63) is 65.8 Å². The summed E-state index contributed by atoms with van der Waals surface area (Å²) in [6.45, 7) is 5.94. The van der Waals surface area contributed by atoms with Crippen molar-refractivity contribution >= 4 is 5.57 Å². The quantitative estimate of drug-likeness (QED) is 0.623. The van der Waals surface area contributed by atoms with E-state index in [9.17, 15) is 0 Å². The molecule has 0 heterocycles. The van der Waals surface area contributed by atoms with Crippen LogP contribution in [0.4, 0.5) is 0 Å². The van der Waals surface area contributed by atoms with E-state index >= 15 is 0 Å². The maximum atomic E-state index is 3.87. The Morgan fingerprint density at radius 2 is 2.13 bits per heavy atom. The van der Waals surface area contributed by atoms with Gasteiger partial charge in [0.25, 0.3) is 0 Å². The number of aryl methyl sites for hydroxylation is 1. The first-order valence-corrected chi connectivity index (χ1v) is 5.44. The third-order valence-corrected chi connectivity index (χ3v) is 2.91. The topological polar surface area (TPSA) is 0 Å². The zero-order valence-corrected chi connectivity index (χ0v) is 9.16. The number of hydrogen-bond donors (Lipinski definition) is 0. The fourth-order valence-corrected chi connectivity index (χ4v) is 2.14. The average Bonchev–Trinajstić information content (AvgIpc) is 2.31. The lowest BCUT2D eigenvalue weighted by molar-refractivity contribution is 0.977. The highest BCUT2D eigenvalue weighted by molar-refractivity contribution is 5.84. The van der Waals surface area contributed by atoms with Gasteiger partial charge in [0.15, 0.2) is 0 Å². The molecule has 0 bridgehead atoms. The Morgan fingerprint density at radius 1 is 1.33 bits per heavy atom. The van der Waals surface area contributed by atoms with Gasteiger partial charge in [0.1, 0.15) is 0 Å². The summed E-state index contributed by atoms with van der Waals surface area (Å²) in [5.74, 6) is 0. The minimum absolute atomic E-state index is 1.14. The first kappa shape index (κ1) is 9.97. The highest BCUT2D eigenvalue weighted by Crippen LogP contribution is 2.31. The Labute approximate surface area is 91.6 Å². The van der Waals surface area contributed by atoms with Gasteiger partial charge in [-0.05, 0) is 42.0 Å². The zero-order chi connectivity index (χ0) is 10.7. The highest BCUT2D eigenvalue weighted by Gasteiger charge is 2.12. The Balaban J connectivity index is 2.51. The maximum Gasteiger partial charge on any atom is -0.0149 e. The summed E-state index contributed by atoms with van der Waals surface area (Å²) >= 11 is 0. The van der Waals surface area contributed by atoms with Crippen LogP contribution in [0.1, 0.15) is 24.5 Å². The van der Waals surface area contributed by atoms with E-state index in [2.05, 4.69) is 49.9 Å². The minimum Gasteiger partial charge on any atom is -0.0985 e. The van der Waals surface area contributed by atoms with Crippen LogP contribution in [0.5, 0.6) is 0 Å². The zero-order valence-electron chi connectivity index (χ0n) is 9.16. The van der Waals surface area contributed by atoms with Crippen molar-refractivity contribution in [1.82, 2.24) is 0 Å². The SMILES string of the molecule is C=C/C(=C\C)C1=CCCc2ccccc21. The molecule has 0 heteroatoms. The standard InChI is InChI=1S/C15H16/c1-3-12(4-2)14-11-7-9-13-8-5-6-10-15(13)14/h3-6,8,10-11H,1,7,9H2,2H3/b12-4+. The number of hydrogen-bond acceptors (Lipinski definition) is 0. The maximum absolute atomic E-state index is 3.87. The van der Waals surface area contributed by atoms with E-state index in [0.717, 1.165) is 12.8 Å². The van der Waals surface area contributed by atoms with Crippen LogP contribution in [0.25, 0.3) is 5.57 Å². The first-order chi connectivity index (χ1) is 7.36. The second-order valence-corrected chi connectivity index (χ2v) is 3.76. The minimum atomic E-state index is 1.14. The summed E-state index contributed by atoms with van der Waals surface area (Å²) in [6.07, 6.45) is 8.68. The summed E-state index contributed by atoms with van der Waals surface area (Å²) in [6, 6.07) is 8.64. The van der Waals surface area contributed by atoms with Crippen molar-refractivity contribution in [1.29, 1.82) is 0 Å². The number of allylic oxidation sites excluding steroid dienone is 5. The molecule has 0 N–H and O–H groups in total. The van der Waals surface area contributed by atoms with Gasteiger partial charge in [-0.1, -0.05) is 49.1 Å². The Morgan fingerprint density at radius 3 is 2.87 bits per heavy atom. The molecular weight excluding hydrogens is 180 g/mol. The van der Waals surface area contributed by atoms with Crippen LogP contribution in [-0.4, -0.2) is 0 Å². The van der Waals surface area contributed by atoms with Gasteiger partial charge in [-0.3, -0.25) is 0 Å². The van der Waals surface area contributed by atoms with Crippen LogP contribution in [-0.2, 0) is 6.42 Å². The van der Waals surface area contributed by atoms with Gasteiger partial charge in [-0.15, -0.1) is 0 Å². The lowest BCUT2D eigenvalue weighted by Crippen LogP contribution is -2.00. The van der Waals surface area contributed by atoms with Crippen LogP contribution in [0.15, 0.2) is 54.6 Å². The summed E-state index contributed by atoms with van der Waals surface area (Å²) in [5.41, 5.74) is 5.41. The lowest BCUT2D eigenvalue weighted by atomic mass is 9.87. The van der Waals surface area contributed by atoms with Gasteiger partial charge in [0.05, 0.1) is 0 Å². The smallest absolute Gasteiger partial charge is 0.0149 e. The van der Waals surface area contributed by atoms with Crippen LogP contribution in [0.3, 0.4) is 0 Å². The third kappa shape index (κ3) is 1.80. The van der Waals surface area contributed by atoms with Crippen LogP contribution >= 0.6 is 0 Å². The molecule has 0 aliphatic heterocycles. The molecule has 0 atom stereocenters. The highest BCUT2D eigenvalue weighted by atomic mass is 14.2. The molecular formula is C15H16. The Bertz CT molecular complexity index is 433. The lowest BCUT2D eigenvalue weighted by Gasteiger charge is -2.18. The molecule has 0 saturated carbocycles. The molecule has 0 saturated heterocycles. The second-order valence-electron chi connectivity index (χ2n) is 3.76. The van der Waals surface area contributed by atoms with Crippen molar-refractivity contribution in [2.24, 2.45) is 0 Å². The Kier molecular flexibility index (Phi) is 2.86. The molecule has 1 aliphatic carbocycles. The van der Waals surface area contributed by atoms with Crippen molar-refractivity contribution < 1.29 is 0 Å². The predicted molar refractivity (Wildman–Crippen MR) is 66.7 cm³/mol. The van der Waals surface area contributed by atoms with Crippen molar-refractivity contribution in [2.75, 3.05) is 0 Å². The van der Waals surface area contributed by atoms with Gasteiger partial charge in [-0.25, -0.2) is 0 Å². The van der Waals surface area contributed by atoms with E-state index in [1.165, 1.54) is 22.3 Å². The number of benzene rings is 1. The molecule has 0 spiro atoms. The summed E-state index contributed by atoms with van der Waals surface area (Å²) in [4.78, 5) is 0. The number of rotatable bonds is 2. The van der Waals surface area contributed by atoms with Gasteiger partial charge >= 0.3 is 0 Å². The van der Waals surface area contributed by atoms with Gasteiger partial charge in [0.2, 0.25) is 0 Å². The van der Waals surface area contributed by atoms with E-state index in [4.69, 9.17) is 0 Å². The molecule has 15 heavy (non-hydrogen) atoms. The largest absolute Gasteiger partial charge is 0.0985 e. The van der Waals surface area contributed by atoms with Gasteiger partial charge < -0.3 is 0 Å². The molecule has 2 rings (SSSR count). The molecule has 0 fully saturated rings. The normalized spacial score (nSPS) is 15.5. The first-order valence-electron chi connectivity index (χ1n) is 5.44. The summed E-state index contributed by atoms with van der Waals surface area (Å²) < 4.78 is 0.